The van der Waals surface area contributed by atoms with Crippen LogP contribution in [0.3, 0.4) is 0 Å². The number of nitrogens with zero attached hydrogens (tertiary/aromatic N) is 1. The topological polar surface area (TPSA) is 38.9 Å². The summed E-state index contributed by atoms with van der Waals surface area (Å²) in [5, 5.41) is 0. The summed E-state index contributed by atoms with van der Waals surface area (Å²) in [6, 6.07) is 1.93. The molecule has 0 aliphatic rings. The van der Waals surface area contributed by atoms with Crippen LogP contribution in [-0.4, -0.2) is 4.98 Å². The molecule has 0 aliphatic heterocycles. The molecule has 0 fully saturated rings. The Balaban J connectivity index is 2.86. The van der Waals surface area contributed by atoms with Gasteiger partial charge in [0.2, 0.25) is 0 Å². The van der Waals surface area contributed by atoms with Crippen LogP contribution in [0.1, 0.15) is 18.0 Å². The monoisotopic (exact) mass is 226 g/mol. The maximum atomic E-state index is 5.88. The quantitative estimate of drug-likeness (QED) is 0.805. The number of rotatable bonds is 3. The Hall–Kier alpha value is -0.670. The van der Waals surface area contributed by atoms with Gasteiger partial charge >= 0.3 is 0 Å². The summed E-state index contributed by atoms with van der Waals surface area (Å²) in [6.07, 6.45) is 6.08. The number of hydrogen-bond donors (Lipinski definition) is 1. The summed E-state index contributed by atoms with van der Waals surface area (Å²) in [5.41, 5.74) is 6.95. The first-order valence-electron chi connectivity index (χ1n) is 3.71. The highest BCUT2D eigenvalue weighted by molar-refractivity contribution is 9.10. The predicted octanol–water partition coefficient (Wildman–Crippen LogP) is 2.42. The first-order chi connectivity index (χ1) is 5.75. The van der Waals surface area contributed by atoms with E-state index in [-0.39, 0.29) is 6.04 Å². The van der Waals surface area contributed by atoms with Gasteiger partial charge in [-0.05, 0) is 34.0 Å². The molecule has 0 aromatic carbocycles. The average Bonchev–Trinajstić information content (AvgIpc) is 2.05. The summed E-state index contributed by atoms with van der Waals surface area (Å²) >= 11 is 3.39. The lowest BCUT2D eigenvalue weighted by Crippen LogP contribution is -2.09. The third-order valence-corrected chi connectivity index (χ3v) is 2.29. The van der Waals surface area contributed by atoms with Crippen molar-refractivity contribution in [3.63, 3.8) is 0 Å². The Kier molecular flexibility index (Phi) is 3.44. The summed E-state index contributed by atoms with van der Waals surface area (Å²) in [7, 11) is 0. The Bertz CT molecular complexity index is 273. The predicted molar refractivity (Wildman–Crippen MR) is 53.7 cm³/mol. The molecular weight excluding hydrogens is 216 g/mol. The number of nitrogens with two attached hydrogens (primary N) is 1. The molecule has 0 amide bonds. The van der Waals surface area contributed by atoms with Gasteiger partial charge in [0.05, 0.1) is 0 Å². The van der Waals surface area contributed by atoms with Gasteiger partial charge in [0.25, 0.3) is 0 Å². The fourth-order valence-corrected chi connectivity index (χ4v) is 1.54. The number of hydrogen-bond acceptors (Lipinski definition) is 2. The van der Waals surface area contributed by atoms with E-state index in [1.807, 2.05) is 12.1 Å². The number of pyridine rings is 1. The highest BCUT2D eigenvalue weighted by Gasteiger charge is 2.06. The molecule has 0 aliphatic carbocycles. The minimum atomic E-state index is 0.0138. The van der Waals surface area contributed by atoms with Gasteiger partial charge in [-0.1, -0.05) is 6.08 Å². The molecule has 2 N–H and O–H groups in total. The highest BCUT2D eigenvalue weighted by atomic mass is 79.9. The van der Waals surface area contributed by atoms with E-state index in [2.05, 4.69) is 27.5 Å². The van der Waals surface area contributed by atoms with E-state index < -0.39 is 0 Å². The third-order valence-electron chi connectivity index (χ3n) is 1.62. The Labute approximate surface area is 80.6 Å². The van der Waals surface area contributed by atoms with Gasteiger partial charge in [0.1, 0.15) is 0 Å². The highest BCUT2D eigenvalue weighted by Crippen LogP contribution is 2.22. The number of halogens is 1. The van der Waals surface area contributed by atoms with Gasteiger partial charge in [-0.15, -0.1) is 6.58 Å². The molecule has 1 aromatic heterocycles. The van der Waals surface area contributed by atoms with Crippen molar-refractivity contribution in [3.8, 4) is 0 Å². The Morgan fingerprint density at radius 2 is 2.50 bits per heavy atom. The molecule has 2 nitrogen and oxygen atoms in total. The van der Waals surface area contributed by atoms with Gasteiger partial charge in [-0.3, -0.25) is 4.98 Å². The van der Waals surface area contributed by atoms with Crippen LogP contribution in [0.4, 0.5) is 0 Å². The zero-order chi connectivity index (χ0) is 8.97. The lowest BCUT2D eigenvalue weighted by molar-refractivity contribution is 0.736. The van der Waals surface area contributed by atoms with Crippen molar-refractivity contribution in [2.24, 2.45) is 5.73 Å². The van der Waals surface area contributed by atoms with Crippen LogP contribution in [0.15, 0.2) is 35.6 Å². The van der Waals surface area contributed by atoms with Crippen LogP contribution in [0.2, 0.25) is 0 Å². The second kappa shape index (κ2) is 4.38. The van der Waals surface area contributed by atoms with E-state index in [0.29, 0.717) is 0 Å². The van der Waals surface area contributed by atoms with E-state index >= 15 is 0 Å². The normalized spacial score (nSPS) is 12.5. The van der Waals surface area contributed by atoms with E-state index in [1.165, 1.54) is 0 Å². The molecule has 0 bridgehead atoms. The standard InChI is InChI=1S/C9H11BrN2/c1-2-3-9(11)7-4-5-12-6-8(7)10/h2,4-6,9H,1,3,11H2/t9-/m1/s1. The summed E-state index contributed by atoms with van der Waals surface area (Å²) in [5.74, 6) is 0. The Morgan fingerprint density at radius 1 is 1.75 bits per heavy atom. The molecule has 1 rings (SSSR count). The van der Waals surface area contributed by atoms with Gasteiger partial charge < -0.3 is 5.73 Å². The van der Waals surface area contributed by atoms with E-state index in [9.17, 15) is 0 Å². The smallest absolute Gasteiger partial charge is 0.0413 e. The van der Waals surface area contributed by atoms with Crippen molar-refractivity contribution in [1.29, 1.82) is 0 Å². The SMILES string of the molecule is C=CC[C@@H](N)c1ccncc1Br. The minimum absolute atomic E-state index is 0.0138. The van der Waals surface area contributed by atoms with Gasteiger partial charge in [-0.2, -0.15) is 0 Å². The second-order valence-corrected chi connectivity index (χ2v) is 3.38. The van der Waals surface area contributed by atoms with E-state index in [0.717, 1.165) is 16.5 Å². The van der Waals surface area contributed by atoms with Crippen LogP contribution in [0.25, 0.3) is 0 Å². The zero-order valence-corrected chi connectivity index (χ0v) is 8.29. The largest absolute Gasteiger partial charge is 0.324 e. The third kappa shape index (κ3) is 2.16. The van der Waals surface area contributed by atoms with Crippen molar-refractivity contribution in [2.75, 3.05) is 0 Å². The Morgan fingerprint density at radius 3 is 3.08 bits per heavy atom. The molecule has 3 heteroatoms. The molecule has 0 saturated carbocycles. The maximum Gasteiger partial charge on any atom is 0.0413 e. The molecule has 0 unspecified atom stereocenters. The molecule has 0 radical (unpaired) electrons. The lowest BCUT2D eigenvalue weighted by atomic mass is 10.1. The molecule has 1 aromatic rings. The van der Waals surface area contributed by atoms with E-state index in [4.69, 9.17) is 5.73 Å². The van der Waals surface area contributed by atoms with Crippen LogP contribution in [-0.2, 0) is 0 Å². The van der Waals surface area contributed by atoms with Gasteiger partial charge in [-0.25, -0.2) is 0 Å². The van der Waals surface area contributed by atoms with Crippen molar-refractivity contribution in [1.82, 2.24) is 4.98 Å². The lowest BCUT2D eigenvalue weighted by Gasteiger charge is -2.10. The van der Waals surface area contributed by atoms with Crippen LogP contribution < -0.4 is 5.73 Å². The van der Waals surface area contributed by atoms with Crippen LogP contribution >= 0.6 is 15.9 Å². The first-order valence-corrected chi connectivity index (χ1v) is 4.51. The van der Waals surface area contributed by atoms with E-state index in [1.54, 1.807) is 12.4 Å². The summed E-state index contributed by atoms with van der Waals surface area (Å²) < 4.78 is 0.958. The van der Waals surface area contributed by atoms with Crippen molar-refractivity contribution >= 4 is 15.9 Å². The molecule has 12 heavy (non-hydrogen) atoms. The fourth-order valence-electron chi connectivity index (χ4n) is 0.993. The van der Waals surface area contributed by atoms with Crippen molar-refractivity contribution < 1.29 is 0 Å². The average molecular weight is 227 g/mol. The molecule has 0 spiro atoms. The van der Waals surface area contributed by atoms with Gasteiger partial charge in [0, 0.05) is 22.9 Å². The van der Waals surface area contributed by atoms with Crippen LogP contribution in [0, 0.1) is 0 Å². The van der Waals surface area contributed by atoms with Gasteiger partial charge in [0.15, 0.2) is 0 Å². The first kappa shape index (κ1) is 9.42. The molecule has 64 valence electrons. The summed E-state index contributed by atoms with van der Waals surface area (Å²) in [4.78, 5) is 3.96. The molecule has 1 atom stereocenters. The summed E-state index contributed by atoms with van der Waals surface area (Å²) in [6.45, 7) is 3.64. The van der Waals surface area contributed by atoms with Crippen molar-refractivity contribution in [2.45, 2.75) is 12.5 Å². The molecule has 1 heterocycles. The van der Waals surface area contributed by atoms with Crippen molar-refractivity contribution in [3.05, 3.63) is 41.2 Å². The second-order valence-electron chi connectivity index (χ2n) is 2.53. The number of aromatic nitrogens is 1. The molecule has 0 saturated heterocycles. The zero-order valence-electron chi connectivity index (χ0n) is 6.70. The maximum absolute atomic E-state index is 5.88. The minimum Gasteiger partial charge on any atom is -0.324 e. The fraction of sp³-hybridized carbons (Fsp3) is 0.222. The molecular formula is C9H11BrN2. The van der Waals surface area contributed by atoms with Crippen LogP contribution in [0.5, 0.6) is 0 Å².